The molecule has 90 valence electrons. The van der Waals surface area contributed by atoms with Gasteiger partial charge in [0.1, 0.15) is 0 Å². The number of hydrogen-bond donors (Lipinski definition) is 2. The molecule has 0 radical (unpaired) electrons. The van der Waals surface area contributed by atoms with Crippen molar-refractivity contribution in [1.82, 2.24) is 10.6 Å². The fourth-order valence-corrected chi connectivity index (χ4v) is 3.29. The Hall–Kier alpha value is -0.520. The molecule has 1 aliphatic carbocycles. The monoisotopic (exact) mass is 220 g/mol. The first-order chi connectivity index (χ1) is 7.81. The van der Waals surface area contributed by atoms with Gasteiger partial charge in [0.05, 0.1) is 6.04 Å². The van der Waals surface area contributed by atoms with Crippen molar-refractivity contribution in [1.29, 1.82) is 0 Å². The van der Waals surface area contributed by atoms with Crippen molar-refractivity contribution in [2.45, 2.75) is 63.6 Å². The largest absolute Gasteiger partial charge is 0.314 e. The minimum atomic E-state index is 0.217. The summed E-state index contributed by atoms with van der Waals surface area (Å²) < 4.78 is 0. The summed E-state index contributed by atoms with van der Waals surface area (Å²) in [5, 5.41) is 7.29. The van der Waals surface area contributed by atoms with Crippen molar-refractivity contribution >= 4 is 0 Å². The van der Waals surface area contributed by atoms with Crippen LogP contribution in [0.2, 0.25) is 0 Å². The van der Waals surface area contributed by atoms with Gasteiger partial charge in [-0.05, 0) is 45.1 Å². The van der Waals surface area contributed by atoms with E-state index < -0.39 is 0 Å². The predicted molar refractivity (Wildman–Crippen MR) is 68.2 cm³/mol. The average Bonchev–Trinajstić information content (AvgIpc) is 2.78. The lowest BCUT2D eigenvalue weighted by atomic mass is 9.88. The van der Waals surface area contributed by atoms with Crippen LogP contribution in [0.15, 0.2) is 0 Å². The first kappa shape index (κ1) is 12.0. The molecule has 0 aromatic heterocycles. The summed E-state index contributed by atoms with van der Waals surface area (Å²) >= 11 is 0. The molecular formula is C14H24N2. The van der Waals surface area contributed by atoms with Gasteiger partial charge in [-0.1, -0.05) is 18.8 Å². The Kier molecular flexibility index (Phi) is 4.26. The summed E-state index contributed by atoms with van der Waals surface area (Å²) in [5.41, 5.74) is 0. The number of piperidine rings is 1. The van der Waals surface area contributed by atoms with Gasteiger partial charge in [-0.3, -0.25) is 0 Å². The Morgan fingerprint density at radius 1 is 1.25 bits per heavy atom. The van der Waals surface area contributed by atoms with E-state index in [9.17, 15) is 0 Å². The molecule has 0 aromatic carbocycles. The van der Waals surface area contributed by atoms with E-state index in [4.69, 9.17) is 6.42 Å². The Bertz CT molecular complexity index is 250. The molecule has 0 amide bonds. The minimum Gasteiger partial charge on any atom is -0.314 e. The van der Waals surface area contributed by atoms with E-state index in [1.807, 2.05) is 0 Å². The molecule has 4 unspecified atom stereocenters. The van der Waals surface area contributed by atoms with E-state index in [-0.39, 0.29) is 6.04 Å². The maximum Gasteiger partial charge on any atom is 0.0660 e. The Labute approximate surface area is 99.6 Å². The van der Waals surface area contributed by atoms with Crippen LogP contribution in [-0.4, -0.2) is 24.7 Å². The molecule has 2 aliphatic rings. The first-order valence-electron chi connectivity index (χ1n) is 6.77. The summed E-state index contributed by atoms with van der Waals surface area (Å²) in [7, 11) is 0. The zero-order valence-corrected chi connectivity index (χ0v) is 10.3. The predicted octanol–water partition coefficient (Wildman–Crippen LogP) is 1.91. The van der Waals surface area contributed by atoms with Gasteiger partial charge in [0.15, 0.2) is 0 Å². The smallest absolute Gasteiger partial charge is 0.0660 e. The molecule has 1 saturated heterocycles. The second kappa shape index (κ2) is 5.70. The van der Waals surface area contributed by atoms with Gasteiger partial charge in [-0.15, -0.1) is 6.42 Å². The molecule has 2 fully saturated rings. The lowest BCUT2D eigenvalue weighted by Crippen LogP contribution is -2.48. The van der Waals surface area contributed by atoms with Crippen molar-refractivity contribution in [3.8, 4) is 12.3 Å². The molecule has 0 spiro atoms. The van der Waals surface area contributed by atoms with Crippen molar-refractivity contribution < 1.29 is 0 Å². The normalized spacial score (nSPS) is 36.9. The highest BCUT2D eigenvalue weighted by Gasteiger charge is 2.34. The van der Waals surface area contributed by atoms with Crippen molar-refractivity contribution in [2.24, 2.45) is 5.92 Å². The van der Waals surface area contributed by atoms with E-state index >= 15 is 0 Å². The number of hydrogen-bond acceptors (Lipinski definition) is 2. The lowest BCUT2D eigenvalue weighted by molar-refractivity contribution is 0.254. The fourth-order valence-electron chi connectivity index (χ4n) is 3.29. The molecular weight excluding hydrogens is 196 g/mol. The Morgan fingerprint density at radius 3 is 2.81 bits per heavy atom. The fraction of sp³-hybridized carbons (Fsp3) is 0.857. The van der Waals surface area contributed by atoms with Gasteiger partial charge in [0, 0.05) is 12.1 Å². The Morgan fingerprint density at radius 2 is 2.12 bits per heavy atom. The van der Waals surface area contributed by atoms with Crippen molar-refractivity contribution in [3.63, 3.8) is 0 Å². The van der Waals surface area contributed by atoms with Crippen molar-refractivity contribution in [3.05, 3.63) is 0 Å². The summed E-state index contributed by atoms with van der Waals surface area (Å²) in [6.07, 6.45) is 13.6. The molecule has 4 atom stereocenters. The topological polar surface area (TPSA) is 24.1 Å². The third-order valence-electron chi connectivity index (χ3n) is 4.15. The lowest BCUT2D eigenvalue weighted by Gasteiger charge is -2.33. The third-order valence-corrected chi connectivity index (χ3v) is 4.15. The number of rotatable bonds is 3. The maximum atomic E-state index is 5.45. The average molecular weight is 220 g/mol. The minimum absolute atomic E-state index is 0.217. The van der Waals surface area contributed by atoms with Gasteiger partial charge < -0.3 is 10.6 Å². The highest BCUT2D eigenvalue weighted by Crippen LogP contribution is 2.31. The zero-order chi connectivity index (χ0) is 11.4. The highest BCUT2D eigenvalue weighted by molar-refractivity contribution is 5.00. The first-order valence-corrected chi connectivity index (χ1v) is 6.77. The molecule has 2 N–H and O–H groups in total. The maximum absolute atomic E-state index is 5.45. The van der Waals surface area contributed by atoms with Crippen LogP contribution in [0.4, 0.5) is 0 Å². The zero-order valence-electron chi connectivity index (χ0n) is 10.3. The standard InChI is InChI=1S/C14H24N2/c1-3-11(2)16-14-9-6-7-12(14)13-8-4-5-10-15-13/h1,11-16H,4-10H2,2H3. The molecule has 2 heteroatoms. The van der Waals surface area contributed by atoms with Gasteiger partial charge in [0.25, 0.3) is 0 Å². The molecule has 0 bridgehead atoms. The van der Waals surface area contributed by atoms with E-state index in [0.717, 1.165) is 12.0 Å². The summed E-state index contributed by atoms with van der Waals surface area (Å²) in [4.78, 5) is 0. The second-order valence-corrected chi connectivity index (χ2v) is 5.31. The van der Waals surface area contributed by atoms with E-state index in [1.54, 1.807) is 0 Å². The van der Waals surface area contributed by atoms with Crippen LogP contribution in [-0.2, 0) is 0 Å². The van der Waals surface area contributed by atoms with Gasteiger partial charge in [0.2, 0.25) is 0 Å². The van der Waals surface area contributed by atoms with Crippen LogP contribution < -0.4 is 10.6 Å². The summed E-state index contributed by atoms with van der Waals surface area (Å²) in [6, 6.07) is 1.59. The van der Waals surface area contributed by atoms with Crippen molar-refractivity contribution in [2.75, 3.05) is 6.54 Å². The SMILES string of the molecule is C#CC(C)NC1CCCC1C1CCCCN1. The molecule has 1 saturated carbocycles. The molecule has 16 heavy (non-hydrogen) atoms. The molecule has 1 aliphatic heterocycles. The van der Waals surface area contributed by atoms with Crippen LogP contribution in [0.3, 0.4) is 0 Å². The van der Waals surface area contributed by atoms with Crippen LogP contribution >= 0.6 is 0 Å². The second-order valence-electron chi connectivity index (χ2n) is 5.31. The van der Waals surface area contributed by atoms with Crippen LogP contribution in [0, 0.1) is 18.3 Å². The summed E-state index contributed by atoms with van der Waals surface area (Å²) in [5.74, 6) is 3.59. The van der Waals surface area contributed by atoms with Gasteiger partial charge in [-0.25, -0.2) is 0 Å². The van der Waals surface area contributed by atoms with Gasteiger partial charge in [-0.2, -0.15) is 0 Å². The van der Waals surface area contributed by atoms with Crippen LogP contribution in [0.25, 0.3) is 0 Å². The quantitative estimate of drug-likeness (QED) is 0.710. The third kappa shape index (κ3) is 2.78. The van der Waals surface area contributed by atoms with Crippen LogP contribution in [0.5, 0.6) is 0 Å². The highest BCUT2D eigenvalue weighted by atomic mass is 15.0. The molecule has 2 rings (SSSR count). The molecule has 1 heterocycles. The van der Waals surface area contributed by atoms with E-state index in [0.29, 0.717) is 6.04 Å². The summed E-state index contributed by atoms with van der Waals surface area (Å²) in [6.45, 7) is 3.29. The van der Waals surface area contributed by atoms with E-state index in [1.165, 1.54) is 45.1 Å². The molecule has 2 nitrogen and oxygen atoms in total. The Balaban J connectivity index is 1.89. The van der Waals surface area contributed by atoms with Crippen LogP contribution in [0.1, 0.15) is 45.4 Å². The molecule has 0 aromatic rings. The number of terminal acetylenes is 1. The van der Waals surface area contributed by atoms with Gasteiger partial charge >= 0.3 is 0 Å². The van der Waals surface area contributed by atoms with E-state index in [2.05, 4.69) is 23.5 Å². The number of nitrogens with one attached hydrogen (secondary N) is 2.